The first-order valence-electron chi connectivity index (χ1n) is 15.3. The van der Waals surface area contributed by atoms with E-state index in [1.165, 1.54) is 19.2 Å². The lowest BCUT2D eigenvalue weighted by Gasteiger charge is -2.34. The minimum absolute atomic E-state index is 0.0307. The average Bonchev–Trinajstić information content (AvgIpc) is 3.63. The van der Waals surface area contributed by atoms with E-state index in [1.54, 1.807) is 24.3 Å². The number of amides is 1. The van der Waals surface area contributed by atoms with Crippen LogP contribution in [0.4, 0.5) is 23.2 Å². The Morgan fingerprint density at radius 2 is 1.75 bits per heavy atom. The van der Waals surface area contributed by atoms with E-state index in [0.29, 0.717) is 80.8 Å². The van der Waals surface area contributed by atoms with E-state index < -0.39 is 23.7 Å². The normalized spacial score (nSPS) is 14.0. The number of nitrogens with one attached hydrogen (secondary N) is 1. The molecule has 1 fully saturated rings. The van der Waals surface area contributed by atoms with Crippen LogP contribution in [-0.4, -0.2) is 65.6 Å². The first-order valence-corrected chi connectivity index (χ1v) is 15.3. The summed E-state index contributed by atoms with van der Waals surface area (Å²) in [5, 5.41) is 3.42. The number of aromatic nitrogens is 3. The molecule has 0 spiro atoms. The van der Waals surface area contributed by atoms with Crippen molar-refractivity contribution in [3.05, 3.63) is 95.6 Å². The van der Waals surface area contributed by atoms with Gasteiger partial charge >= 0.3 is 0 Å². The van der Waals surface area contributed by atoms with Crippen LogP contribution in [0.1, 0.15) is 16.2 Å². The van der Waals surface area contributed by atoms with Crippen molar-refractivity contribution in [1.29, 1.82) is 0 Å². The second kappa shape index (κ2) is 11.1. The highest BCUT2D eigenvalue weighted by molar-refractivity contribution is 6.13. The lowest BCUT2D eigenvalue weighted by atomic mass is 10.00. The standard InChI is InChI=1S/C36H28F4N6O2/c1-41-36(47)33-23-12-22(29(44(2)3)14-31(23)48-35(33)20-8-7-18(37)11-25(20)40)26-9-10-27-34(43-26)30-13-21-24(39)5-4-6-28(21)46(30)32(42-27)17-45-15-19(38)16-45/h4-14,19H,15-17H2,1-3H3,(H,41,47). The third-order valence-electron chi connectivity index (χ3n) is 8.89. The summed E-state index contributed by atoms with van der Waals surface area (Å²) in [7, 11) is 5.16. The third-order valence-corrected chi connectivity index (χ3v) is 8.89. The van der Waals surface area contributed by atoms with E-state index in [1.807, 2.05) is 46.5 Å². The molecule has 8 rings (SSSR count). The number of alkyl halides is 1. The summed E-state index contributed by atoms with van der Waals surface area (Å²) in [5.41, 5.74) is 4.62. The Morgan fingerprint density at radius 1 is 0.938 bits per heavy atom. The Kier molecular flexibility index (Phi) is 6.88. The number of rotatable bonds is 6. The SMILES string of the molecule is CNC(=O)c1c(-c2ccc(F)cc2F)oc2cc(N(C)C)c(-c3ccc4nc(CN5CC(F)C5)n5c6cccc(F)c6cc5c4n3)cc12. The van der Waals surface area contributed by atoms with Gasteiger partial charge in [-0.2, -0.15) is 0 Å². The third kappa shape index (κ3) is 4.66. The van der Waals surface area contributed by atoms with Gasteiger partial charge in [0.1, 0.15) is 40.5 Å². The highest BCUT2D eigenvalue weighted by Gasteiger charge is 2.29. The van der Waals surface area contributed by atoms with Crippen LogP contribution in [0.3, 0.4) is 0 Å². The van der Waals surface area contributed by atoms with Gasteiger partial charge in [-0.1, -0.05) is 6.07 Å². The van der Waals surface area contributed by atoms with Gasteiger partial charge in [0.15, 0.2) is 5.76 Å². The molecule has 48 heavy (non-hydrogen) atoms. The number of carbonyl (C=O) groups excluding carboxylic acids is 1. The fourth-order valence-corrected chi connectivity index (χ4v) is 6.58. The molecule has 0 unspecified atom stereocenters. The summed E-state index contributed by atoms with van der Waals surface area (Å²) < 4.78 is 65.5. The van der Waals surface area contributed by atoms with Gasteiger partial charge in [-0.25, -0.2) is 27.5 Å². The zero-order chi connectivity index (χ0) is 33.4. The van der Waals surface area contributed by atoms with Crippen LogP contribution in [0.25, 0.3) is 61.0 Å². The number of fused-ring (bicyclic) bond motifs is 6. The molecule has 0 aliphatic carbocycles. The van der Waals surface area contributed by atoms with Crippen LogP contribution in [0, 0.1) is 17.5 Å². The van der Waals surface area contributed by atoms with E-state index in [4.69, 9.17) is 14.4 Å². The summed E-state index contributed by atoms with van der Waals surface area (Å²) >= 11 is 0. The molecule has 4 aromatic heterocycles. The Morgan fingerprint density at radius 3 is 2.48 bits per heavy atom. The van der Waals surface area contributed by atoms with Gasteiger partial charge in [-0.05, 0) is 48.5 Å². The zero-order valence-electron chi connectivity index (χ0n) is 26.1. The first-order chi connectivity index (χ1) is 23.1. The van der Waals surface area contributed by atoms with Gasteiger partial charge in [-0.3, -0.25) is 14.1 Å². The minimum atomic E-state index is -0.878. The molecule has 242 valence electrons. The number of nitrogens with zero attached hydrogens (tertiary/aromatic N) is 5. The van der Waals surface area contributed by atoms with Gasteiger partial charge in [-0.15, -0.1) is 0 Å². The number of hydrogen-bond donors (Lipinski definition) is 1. The van der Waals surface area contributed by atoms with Crippen LogP contribution >= 0.6 is 0 Å². The van der Waals surface area contributed by atoms with E-state index in [-0.39, 0.29) is 22.7 Å². The number of anilines is 1. The van der Waals surface area contributed by atoms with Crippen LogP contribution in [0.15, 0.2) is 71.1 Å². The lowest BCUT2D eigenvalue weighted by Crippen LogP contribution is -2.47. The smallest absolute Gasteiger partial charge is 0.255 e. The van der Waals surface area contributed by atoms with E-state index in [9.17, 15) is 18.0 Å². The average molecular weight is 653 g/mol. The van der Waals surface area contributed by atoms with E-state index in [2.05, 4.69) is 5.32 Å². The highest BCUT2D eigenvalue weighted by atomic mass is 19.1. The van der Waals surface area contributed by atoms with Gasteiger partial charge < -0.3 is 14.6 Å². The molecule has 3 aromatic carbocycles. The maximum atomic E-state index is 15.1. The van der Waals surface area contributed by atoms with Crippen LogP contribution in [-0.2, 0) is 6.54 Å². The summed E-state index contributed by atoms with van der Waals surface area (Å²) in [4.78, 5) is 27.0. The number of carbonyl (C=O) groups is 1. The highest BCUT2D eigenvalue weighted by Crippen LogP contribution is 2.41. The number of halogens is 4. The molecule has 0 radical (unpaired) electrons. The topological polar surface area (TPSA) is 78.9 Å². The molecule has 0 saturated carbocycles. The van der Waals surface area contributed by atoms with Crippen LogP contribution in [0.2, 0.25) is 0 Å². The molecule has 7 aromatic rings. The Bertz CT molecular complexity index is 2450. The Balaban J connectivity index is 1.37. The number of hydrogen-bond acceptors (Lipinski definition) is 6. The minimum Gasteiger partial charge on any atom is -0.455 e. The van der Waals surface area contributed by atoms with Crippen LogP contribution < -0.4 is 10.2 Å². The Labute approximate surface area is 271 Å². The molecular weight excluding hydrogens is 624 g/mol. The number of pyridine rings is 1. The van der Waals surface area contributed by atoms with E-state index in [0.717, 1.165) is 12.1 Å². The first kappa shape index (κ1) is 29.9. The van der Waals surface area contributed by atoms with Gasteiger partial charge in [0.05, 0.1) is 39.9 Å². The monoisotopic (exact) mass is 652 g/mol. The molecule has 1 saturated heterocycles. The summed E-state index contributed by atoms with van der Waals surface area (Å²) in [6.45, 7) is 1.00. The maximum absolute atomic E-state index is 15.1. The van der Waals surface area contributed by atoms with Crippen molar-refractivity contribution in [1.82, 2.24) is 24.6 Å². The molecular formula is C36H28F4N6O2. The summed E-state index contributed by atoms with van der Waals surface area (Å²) in [6.07, 6.45) is -0.878. The van der Waals surface area contributed by atoms with Crippen LogP contribution in [0.5, 0.6) is 0 Å². The molecule has 5 heterocycles. The molecule has 1 aliphatic heterocycles. The second-order valence-electron chi connectivity index (χ2n) is 12.2. The van der Waals surface area contributed by atoms with Crippen molar-refractivity contribution in [3.63, 3.8) is 0 Å². The quantitative estimate of drug-likeness (QED) is 0.193. The van der Waals surface area contributed by atoms with Crippen molar-refractivity contribution in [2.24, 2.45) is 0 Å². The Hall–Kier alpha value is -5.49. The van der Waals surface area contributed by atoms with Gasteiger partial charge in [0.25, 0.3) is 5.91 Å². The molecule has 1 aliphatic rings. The predicted molar refractivity (Wildman–Crippen MR) is 176 cm³/mol. The number of benzene rings is 3. The predicted octanol–water partition coefficient (Wildman–Crippen LogP) is 7.11. The van der Waals surface area contributed by atoms with Gasteiger partial charge in [0.2, 0.25) is 0 Å². The molecule has 0 atom stereocenters. The fraction of sp³-hybridized carbons (Fsp3) is 0.194. The van der Waals surface area contributed by atoms with Crippen molar-refractivity contribution in [2.75, 3.05) is 39.1 Å². The van der Waals surface area contributed by atoms with Gasteiger partial charge in [0, 0.05) is 68.4 Å². The van der Waals surface area contributed by atoms with Crippen molar-refractivity contribution in [2.45, 2.75) is 12.7 Å². The molecule has 0 bridgehead atoms. The lowest BCUT2D eigenvalue weighted by molar-refractivity contribution is 0.0567. The zero-order valence-corrected chi connectivity index (χ0v) is 26.1. The molecule has 12 heteroatoms. The number of furan rings is 1. The van der Waals surface area contributed by atoms with E-state index >= 15 is 4.39 Å². The molecule has 1 N–H and O–H groups in total. The van der Waals surface area contributed by atoms with Crippen molar-refractivity contribution < 1.29 is 26.8 Å². The number of likely N-dealkylation sites (tertiary alicyclic amines) is 1. The summed E-state index contributed by atoms with van der Waals surface area (Å²) in [6, 6.07) is 16.9. The second-order valence-corrected chi connectivity index (χ2v) is 12.2. The van der Waals surface area contributed by atoms with Crippen molar-refractivity contribution >= 4 is 50.0 Å². The maximum Gasteiger partial charge on any atom is 0.255 e. The summed E-state index contributed by atoms with van der Waals surface area (Å²) in [5.74, 6) is -1.90. The largest absolute Gasteiger partial charge is 0.455 e. The van der Waals surface area contributed by atoms with Crippen molar-refractivity contribution in [3.8, 4) is 22.6 Å². The molecule has 1 amide bonds. The molecule has 8 nitrogen and oxygen atoms in total. The fourth-order valence-electron chi connectivity index (χ4n) is 6.58.